The average Bonchev–Trinajstić information content (AvgIpc) is 2.87. The number of hydrogen-bond acceptors (Lipinski definition) is 7. The Bertz CT molecular complexity index is 659. The van der Waals surface area contributed by atoms with E-state index in [-0.39, 0.29) is 29.7 Å². The standard InChI is InChI=1S/C16H17NO7/c1-8-11-6-13-14(12(8)7-21-15(11)23-13)24-16(18)22-10-4-2-9(3-5-10)17(19)20/h2-5,8,11-15H,6-7H2,1H3/t8-,11?,12?,13?,14?,15?/m1/s1. The molecule has 128 valence electrons. The Kier molecular flexibility index (Phi) is 3.65. The number of ether oxygens (including phenoxy) is 4. The number of fused-ring (bicyclic) bond motifs is 2. The largest absolute Gasteiger partial charge is 0.514 e. The molecule has 1 aromatic carbocycles. The van der Waals surface area contributed by atoms with Gasteiger partial charge in [0.25, 0.3) is 5.69 Å². The molecule has 0 amide bonds. The predicted molar refractivity (Wildman–Crippen MR) is 79.4 cm³/mol. The minimum absolute atomic E-state index is 0.0728. The monoisotopic (exact) mass is 335 g/mol. The molecule has 1 saturated carbocycles. The highest BCUT2D eigenvalue weighted by Gasteiger charge is 2.57. The van der Waals surface area contributed by atoms with Crippen molar-refractivity contribution in [3.8, 4) is 5.75 Å². The van der Waals surface area contributed by atoms with E-state index in [9.17, 15) is 14.9 Å². The number of benzene rings is 1. The van der Waals surface area contributed by atoms with Gasteiger partial charge in [0.2, 0.25) is 0 Å². The third-order valence-corrected chi connectivity index (χ3v) is 5.24. The fourth-order valence-electron chi connectivity index (χ4n) is 3.92. The third kappa shape index (κ3) is 2.51. The second-order valence-corrected chi connectivity index (χ2v) is 6.48. The fraction of sp³-hybridized carbons (Fsp3) is 0.562. The Morgan fingerprint density at radius 2 is 2.04 bits per heavy atom. The van der Waals surface area contributed by atoms with E-state index in [0.29, 0.717) is 18.4 Å². The van der Waals surface area contributed by atoms with E-state index in [4.69, 9.17) is 18.9 Å². The van der Waals surface area contributed by atoms with E-state index in [1.165, 1.54) is 24.3 Å². The maximum atomic E-state index is 12.1. The fourth-order valence-corrected chi connectivity index (χ4v) is 3.92. The second kappa shape index (κ2) is 5.71. The molecular weight excluding hydrogens is 318 g/mol. The molecule has 8 heteroatoms. The smallest absolute Gasteiger partial charge is 0.427 e. The van der Waals surface area contributed by atoms with Crippen molar-refractivity contribution < 1.29 is 28.7 Å². The van der Waals surface area contributed by atoms with Crippen molar-refractivity contribution >= 4 is 11.8 Å². The van der Waals surface area contributed by atoms with Gasteiger partial charge in [-0.1, -0.05) is 6.92 Å². The van der Waals surface area contributed by atoms with Crippen LogP contribution >= 0.6 is 0 Å². The summed E-state index contributed by atoms with van der Waals surface area (Å²) in [5.74, 6) is 1.01. The third-order valence-electron chi connectivity index (χ3n) is 5.24. The van der Waals surface area contributed by atoms with Crippen LogP contribution < -0.4 is 4.74 Å². The molecule has 2 saturated heterocycles. The molecule has 3 bridgehead atoms. The number of carbonyl (C=O) groups excluding carboxylic acids is 1. The zero-order chi connectivity index (χ0) is 16.8. The van der Waals surface area contributed by atoms with Gasteiger partial charge >= 0.3 is 6.16 Å². The molecule has 24 heavy (non-hydrogen) atoms. The number of carbonyl (C=O) groups is 1. The summed E-state index contributed by atoms with van der Waals surface area (Å²) in [5, 5.41) is 10.6. The SMILES string of the molecule is C[C@@H]1C2CC3OC2OCC1C3OC(=O)Oc1ccc([N+](=O)[O-])cc1. The highest BCUT2D eigenvalue weighted by Crippen LogP contribution is 2.49. The van der Waals surface area contributed by atoms with Crippen LogP contribution in [0.25, 0.3) is 0 Å². The number of nitro groups is 1. The first-order chi connectivity index (χ1) is 11.5. The highest BCUT2D eigenvalue weighted by molar-refractivity contribution is 5.64. The summed E-state index contributed by atoms with van der Waals surface area (Å²) in [6.45, 7) is 2.64. The minimum Gasteiger partial charge on any atom is -0.427 e. The lowest BCUT2D eigenvalue weighted by Gasteiger charge is -2.41. The summed E-state index contributed by atoms with van der Waals surface area (Å²) < 4.78 is 22.1. The molecule has 6 atom stereocenters. The minimum atomic E-state index is -0.835. The van der Waals surface area contributed by atoms with Gasteiger partial charge in [0.15, 0.2) is 6.29 Å². The molecule has 3 fully saturated rings. The van der Waals surface area contributed by atoms with Crippen LogP contribution in [-0.4, -0.2) is 36.2 Å². The van der Waals surface area contributed by atoms with Crippen molar-refractivity contribution in [1.29, 1.82) is 0 Å². The Morgan fingerprint density at radius 1 is 1.29 bits per heavy atom. The molecule has 5 unspecified atom stereocenters. The van der Waals surface area contributed by atoms with Crippen molar-refractivity contribution in [3.05, 3.63) is 34.4 Å². The Morgan fingerprint density at radius 3 is 2.75 bits per heavy atom. The topological polar surface area (TPSA) is 97.1 Å². The normalized spacial score (nSPS) is 36.4. The van der Waals surface area contributed by atoms with Gasteiger partial charge in [0.05, 0.1) is 17.6 Å². The summed E-state index contributed by atoms with van der Waals surface area (Å²) in [7, 11) is 0. The molecule has 3 aliphatic rings. The van der Waals surface area contributed by atoms with Gasteiger partial charge < -0.3 is 18.9 Å². The molecule has 8 nitrogen and oxygen atoms in total. The summed E-state index contributed by atoms with van der Waals surface area (Å²) in [5.41, 5.74) is -0.0728. The van der Waals surface area contributed by atoms with Crippen LogP contribution in [-0.2, 0) is 14.2 Å². The number of hydrogen-bond donors (Lipinski definition) is 0. The van der Waals surface area contributed by atoms with Crippen LogP contribution in [0.5, 0.6) is 5.75 Å². The van der Waals surface area contributed by atoms with Crippen LogP contribution in [0.2, 0.25) is 0 Å². The molecule has 2 aliphatic heterocycles. The first-order valence-corrected chi connectivity index (χ1v) is 7.93. The Balaban J connectivity index is 1.41. The maximum absolute atomic E-state index is 12.1. The van der Waals surface area contributed by atoms with Gasteiger partial charge in [-0.2, -0.15) is 0 Å². The van der Waals surface area contributed by atoms with Gasteiger partial charge in [0.1, 0.15) is 11.9 Å². The quantitative estimate of drug-likeness (QED) is 0.362. The van der Waals surface area contributed by atoms with E-state index < -0.39 is 17.2 Å². The molecular formula is C16H17NO7. The Hall–Kier alpha value is -2.19. The van der Waals surface area contributed by atoms with Crippen molar-refractivity contribution in [3.63, 3.8) is 0 Å². The first-order valence-electron chi connectivity index (χ1n) is 7.93. The van der Waals surface area contributed by atoms with Gasteiger partial charge in [-0.3, -0.25) is 10.1 Å². The molecule has 1 aliphatic carbocycles. The molecule has 0 N–H and O–H groups in total. The van der Waals surface area contributed by atoms with Crippen molar-refractivity contribution in [2.24, 2.45) is 17.8 Å². The maximum Gasteiger partial charge on any atom is 0.514 e. The van der Waals surface area contributed by atoms with Gasteiger partial charge in [-0.25, -0.2) is 4.79 Å². The van der Waals surface area contributed by atoms with E-state index in [1.807, 2.05) is 0 Å². The highest BCUT2D eigenvalue weighted by atomic mass is 16.7. The molecule has 4 rings (SSSR count). The van der Waals surface area contributed by atoms with E-state index >= 15 is 0 Å². The lowest BCUT2D eigenvalue weighted by Crippen LogP contribution is -2.49. The van der Waals surface area contributed by atoms with Crippen molar-refractivity contribution in [2.75, 3.05) is 6.61 Å². The van der Waals surface area contributed by atoms with E-state index in [0.717, 1.165) is 6.42 Å². The molecule has 0 radical (unpaired) electrons. The molecule has 0 aromatic heterocycles. The first kappa shape index (κ1) is 15.3. The lowest BCUT2D eigenvalue weighted by molar-refractivity contribution is -0.384. The van der Waals surface area contributed by atoms with Crippen LogP contribution in [0.15, 0.2) is 24.3 Å². The number of non-ortho nitro benzene ring substituents is 1. The van der Waals surface area contributed by atoms with Gasteiger partial charge in [0, 0.05) is 24.0 Å². The zero-order valence-corrected chi connectivity index (χ0v) is 13.0. The van der Waals surface area contributed by atoms with Crippen LogP contribution in [0, 0.1) is 27.9 Å². The van der Waals surface area contributed by atoms with Crippen LogP contribution in [0.4, 0.5) is 10.5 Å². The number of nitro benzene ring substituents is 1. The van der Waals surface area contributed by atoms with Crippen LogP contribution in [0.1, 0.15) is 13.3 Å². The number of nitrogens with zero attached hydrogens (tertiary/aromatic N) is 1. The predicted octanol–water partition coefficient (Wildman–Crippen LogP) is 2.51. The molecule has 0 spiro atoms. The average molecular weight is 335 g/mol. The molecule has 2 heterocycles. The number of rotatable bonds is 3. The van der Waals surface area contributed by atoms with Gasteiger partial charge in [-0.15, -0.1) is 0 Å². The molecule has 1 aromatic rings. The summed E-state index contributed by atoms with van der Waals surface area (Å²) in [4.78, 5) is 22.2. The van der Waals surface area contributed by atoms with Crippen LogP contribution in [0.3, 0.4) is 0 Å². The van der Waals surface area contributed by atoms with Crippen molar-refractivity contribution in [2.45, 2.75) is 31.8 Å². The van der Waals surface area contributed by atoms with Crippen molar-refractivity contribution in [1.82, 2.24) is 0 Å². The Labute approximate surface area is 137 Å². The summed E-state index contributed by atoms with van der Waals surface area (Å²) in [6, 6.07) is 5.26. The summed E-state index contributed by atoms with van der Waals surface area (Å²) in [6.07, 6.45) is -0.765. The second-order valence-electron chi connectivity index (χ2n) is 6.48. The summed E-state index contributed by atoms with van der Waals surface area (Å²) >= 11 is 0. The zero-order valence-electron chi connectivity index (χ0n) is 13.0. The van der Waals surface area contributed by atoms with Gasteiger partial charge in [-0.05, 0) is 24.5 Å². The van der Waals surface area contributed by atoms with E-state index in [2.05, 4.69) is 6.92 Å². The van der Waals surface area contributed by atoms with E-state index in [1.54, 1.807) is 0 Å². The lowest BCUT2D eigenvalue weighted by atomic mass is 9.70.